The van der Waals surface area contributed by atoms with Crippen LogP contribution in [0.1, 0.15) is 33.3 Å². The molecule has 5 heteroatoms. The van der Waals surface area contributed by atoms with Crippen LogP contribution in [0, 0.1) is 5.41 Å². The van der Waals surface area contributed by atoms with Crippen molar-refractivity contribution in [2.24, 2.45) is 5.41 Å². The van der Waals surface area contributed by atoms with E-state index in [4.69, 9.17) is 4.74 Å². The van der Waals surface area contributed by atoms with Crippen molar-refractivity contribution >= 4 is 5.97 Å². The van der Waals surface area contributed by atoms with Crippen molar-refractivity contribution in [2.75, 3.05) is 7.11 Å². The molecule has 5 nitrogen and oxygen atoms in total. The molecule has 0 aliphatic heterocycles. The van der Waals surface area contributed by atoms with Gasteiger partial charge < -0.3 is 15.2 Å². The Morgan fingerprint density at radius 2 is 2.05 bits per heavy atom. The van der Waals surface area contributed by atoms with Gasteiger partial charge in [0.15, 0.2) is 0 Å². The molecule has 1 aromatic rings. The first kappa shape index (κ1) is 15.4. The molecule has 0 atom stereocenters. The summed E-state index contributed by atoms with van der Waals surface area (Å²) < 4.78 is 5.18. The number of carbonyl (C=O) groups is 1. The van der Waals surface area contributed by atoms with E-state index in [1.165, 1.54) is 0 Å². The second-order valence-electron chi connectivity index (χ2n) is 5.58. The Bertz CT molecular complexity index is 456. The fourth-order valence-electron chi connectivity index (χ4n) is 1.55. The predicted molar refractivity (Wildman–Crippen MR) is 73.1 cm³/mol. The Morgan fingerprint density at radius 3 is 2.58 bits per heavy atom. The van der Waals surface area contributed by atoms with Gasteiger partial charge in [-0.15, -0.1) is 0 Å². The number of rotatable bonds is 6. The van der Waals surface area contributed by atoms with Gasteiger partial charge in [-0.1, -0.05) is 6.07 Å². The maximum absolute atomic E-state index is 11.3. The van der Waals surface area contributed by atoms with Gasteiger partial charge in [0, 0.05) is 23.8 Å². The molecule has 0 spiro atoms. The monoisotopic (exact) mass is 266 g/mol. The summed E-state index contributed by atoms with van der Waals surface area (Å²) in [4.78, 5) is 15.4. The van der Waals surface area contributed by atoms with Crippen LogP contribution >= 0.6 is 0 Å². The van der Waals surface area contributed by atoms with Gasteiger partial charge in [-0.25, -0.2) is 4.98 Å². The smallest absolute Gasteiger partial charge is 0.310 e. The number of hydrogen-bond acceptors (Lipinski definition) is 4. The average Bonchev–Trinajstić information content (AvgIpc) is 2.36. The van der Waals surface area contributed by atoms with Gasteiger partial charge in [-0.3, -0.25) is 4.79 Å². The minimum atomic E-state index is -0.886. The van der Waals surface area contributed by atoms with Crippen molar-refractivity contribution in [3.8, 4) is 5.88 Å². The van der Waals surface area contributed by atoms with Crippen molar-refractivity contribution in [2.45, 2.75) is 39.8 Å². The van der Waals surface area contributed by atoms with Gasteiger partial charge >= 0.3 is 5.97 Å². The molecule has 0 aliphatic carbocycles. The lowest BCUT2D eigenvalue weighted by Gasteiger charge is -2.39. The molecule has 0 unspecified atom stereocenters. The number of pyridine rings is 1. The maximum Gasteiger partial charge on any atom is 0.310 e. The van der Waals surface area contributed by atoms with Gasteiger partial charge in [-0.05, 0) is 33.8 Å². The lowest BCUT2D eigenvalue weighted by molar-refractivity contribution is -0.151. The molecule has 1 aromatic heterocycles. The first-order valence-electron chi connectivity index (χ1n) is 6.18. The van der Waals surface area contributed by atoms with Crippen LogP contribution in [0.2, 0.25) is 0 Å². The Hall–Kier alpha value is -1.62. The van der Waals surface area contributed by atoms with Gasteiger partial charge in [-0.2, -0.15) is 0 Å². The largest absolute Gasteiger partial charge is 0.481 e. The van der Waals surface area contributed by atoms with E-state index in [1.54, 1.807) is 27.2 Å². The number of methoxy groups -OCH3 is 1. The summed E-state index contributed by atoms with van der Waals surface area (Å²) in [5, 5.41) is 12.6. The topological polar surface area (TPSA) is 71.5 Å². The zero-order valence-corrected chi connectivity index (χ0v) is 12.2. The molecular weight excluding hydrogens is 244 g/mol. The first-order valence-corrected chi connectivity index (χ1v) is 6.18. The van der Waals surface area contributed by atoms with Gasteiger partial charge in [0.2, 0.25) is 5.88 Å². The molecule has 0 radical (unpaired) electrons. The first-order chi connectivity index (χ1) is 8.72. The molecule has 0 aromatic carbocycles. The quantitative estimate of drug-likeness (QED) is 0.824. The van der Waals surface area contributed by atoms with Crippen molar-refractivity contribution in [1.29, 1.82) is 0 Å². The fourth-order valence-corrected chi connectivity index (χ4v) is 1.55. The number of aromatic nitrogens is 1. The van der Waals surface area contributed by atoms with E-state index in [1.807, 2.05) is 26.0 Å². The molecule has 0 saturated heterocycles. The number of ether oxygens (including phenoxy) is 1. The highest BCUT2D eigenvalue weighted by Crippen LogP contribution is 2.31. The van der Waals surface area contributed by atoms with Crippen LogP contribution in [0.4, 0.5) is 0 Å². The van der Waals surface area contributed by atoms with E-state index in [0.717, 1.165) is 5.56 Å². The Balaban J connectivity index is 2.83. The fraction of sp³-hybridized carbons (Fsp3) is 0.571. The third-order valence-electron chi connectivity index (χ3n) is 3.86. The van der Waals surface area contributed by atoms with E-state index < -0.39 is 16.9 Å². The molecule has 19 heavy (non-hydrogen) atoms. The molecule has 2 N–H and O–H groups in total. The summed E-state index contributed by atoms with van der Waals surface area (Å²) in [5.41, 5.74) is -0.554. The van der Waals surface area contributed by atoms with E-state index in [2.05, 4.69) is 10.3 Å². The molecule has 0 saturated carbocycles. The zero-order valence-electron chi connectivity index (χ0n) is 12.2. The van der Waals surface area contributed by atoms with Gasteiger partial charge in [0.1, 0.15) is 0 Å². The van der Waals surface area contributed by atoms with Crippen LogP contribution < -0.4 is 10.1 Å². The van der Waals surface area contributed by atoms with Crippen molar-refractivity contribution < 1.29 is 14.6 Å². The van der Waals surface area contributed by atoms with Crippen molar-refractivity contribution in [1.82, 2.24) is 10.3 Å². The van der Waals surface area contributed by atoms with Crippen LogP contribution in [0.3, 0.4) is 0 Å². The Kier molecular flexibility index (Phi) is 4.52. The minimum Gasteiger partial charge on any atom is -0.481 e. The standard InChI is InChI=1S/C14H22N2O3/c1-13(2,12(17)18)14(3,4)16-9-10-7-6-8-15-11(10)19-5/h6-8,16H,9H2,1-5H3,(H,17,18). The summed E-state index contributed by atoms with van der Waals surface area (Å²) in [7, 11) is 1.57. The highest BCUT2D eigenvalue weighted by Gasteiger charge is 2.43. The number of carboxylic acid groups (broad SMARTS) is 1. The third-order valence-corrected chi connectivity index (χ3v) is 3.86. The van der Waals surface area contributed by atoms with Crippen molar-refractivity contribution in [3.05, 3.63) is 23.9 Å². The Morgan fingerprint density at radius 1 is 1.42 bits per heavy atom. The average molecular weight is 266 g/mol. The number of nitrogens with one attached hydrogen (secondary N) is 1. The number of carboxylic acids is 1. The summed E-state index contributed by atoms with van der Waals surface area (Å²) in [6, 6.07) is 3.73. The van der Waals surface area contributed by atoms with E-state index >= 15 is 0 Å². The SMILES string of the molecule is COc1ncccc1CNC(C)(C)C(C)(C)C(=O)O. The second kappa shape index (κ2) is 5.57. The third kappa shape index (κ3) is 3.23. The van der Waals surface area contributed by atoms with Crippen LogP contribution in [-0.2, 0) is 11.3 Å². The molecule has 0 aliphatic rings. The summed E-state index contributed by atoms with van der Waals surface area (Å²) in [5.74, 6) is -0.276. The number of aliphatic carboxylic acids is 1. The molecule has 0 fully saturated rings. The predicted octanol–water partition coefficient (Wildman–Crippen LogP) is 2.07. The lowest BCUT2D eigenvalue weighted by Crippen LogP contribution is -2.54. The number of hydrogen-bond donors (Lipinski definition) is 2. The second-order valence-corrected chi connectivity index (χ2v) is 5.58. The maximum atomic E-state index is 11.3. The Labute approximate surface area is 114 Å². The number of nitrogens with zero attached hydrogens (tertiary/aromatic N) is 1. The van der Waals surface area contributed by atoms with Crippen LogP contribution in [0.5, 0.6) is 5.88 Å². The van der Waals surface area contributed by atoms with Gasteiger partial charge in [0.25, 0.3) is 0 Å². The van der Waals surface area contributed by atoms with E-state index in [0.29, 0.717) is 12.4 Å². The molecule has 0 amide bonds. The summed E-state index contributed by atoms with van der Waals surface area (Å²) >= 11 is 0. The minimum absolute atomic E-state index is 0.501. The zero-order chi connectivity index (χ0) is 14.7. The van der Waals surface area contributed by atoms with Crippen LogP contribution in [-0.4, -0.2) is 28.7 Å². The summed E-state index contributed by atoms with van der Waals surface area (Å²) in [6.45, 7) is 7.68. The highest BCUT2D eigenvalue weighted by molar-refractivity contribution is 5.75. The molecule has 1 rings (SSSR count). The normalized spacial score (nSPS) is 12.3. The van der Waals surface area contributed by atoms with Crippen LogP contribution in [0.15, 0.2) is 18.3 Å². The van der Waals surface area contributed by atoms with E-state index in [9.17, 15) is 9.90 Å². The molecule has 106 valence electrons. The molecule has 1 heterocycles. The molecule has 0 bridgehead atoms. The van der Waals surface area contributed by atoms with Crippen LogP contribution in [0.25, 0.3) is 0 Å². The molecular formula is C14H22N2O3. The lowest BCUT2D eigenvalue weighted by atomic mass is 9.74. The van der Waals surface area contributed by atoms with E-state index in [-0.39, 0.29) is 0 Å². The summed E-state index contributed by atoms with van der Waals surface area (Å²) in [6.07, 6.45) is 1.66. The van der Waals surface area contributed by atoms with Crippen molar-refractivity contribution in [3.63, 3.8) is 0 Å². The van der Waals surface area contributed by atoms with Gasteiger partial charge in [0.05, 0.1) is 12.5 Å². The highest BCUT2D eigenvalue weighted by atomic mass is 16.5.